The maximum absolute atomic E-state index is 13.0. The second-order valence-electron chi connectivity index (χ2n) is 7.96. The Morgan fingerprint density at radius 3 is 2.94 bits per heavy atom. The van der Waals surface area contributed by atoms with Crippen molar-refractivity contribution in [3.05, 3.63) is 46.4 Å². The third-order valence-corrected chi connectivity index (χ3v) is 6.75. The molecule has 0 aliphatic carbocycles. The summed E-state index contributed by atoms with van der Waals surface area (Å²) in [5.41, 5.74) is 5.00. The number of amides is 1. The lowest BCUT2D eigenvalue weighted by Crippen LogP contribution is -2.38. The largest absolute Gasteiger partial charge is 0.493 e. The van der Waals surface area contributed by atoms with Gasteiger partial charge in [-0.05, 0) is 63.6 Å². The SMILES string of the molecule is Cc1cccc(OCCCC(=O)N2CCCCC2c2nnc(-c3scnc3C)o2)c1C. The molecule has 8 heteroatoms. The van der Waals surface area contributed by atoms with Crippen molar-refractivity contribution >= 4 is 17.2 Å². The van der Waals surface area contributed by atoms with E-state index in [0.29, 0.717) is 31.2 Å². The molecule has 0 N–H and O–H groups in total. The maximum atomic E-state index is 13.0. The number of thiazole rings is 1. The molecule has 0 radical (unpaired) electrons. The van der Waals surface area contributed by atoms with Gasteiger partial charge in [-0.15, -0.1) is 21.5 Å². The molecule has 1 amide bonds. The van der Waals surface area contributed by atoms with Gasteiger partial charge in [-0.25, -0.2) is 4.98 Å². The molecule has 31 heavy (non-hydrogen) atoms. The molecular weight excluding hydrogens is 412 g/mol. The number of carbonyl (C=O) groups excluding carboxylic acids is 1. The van der Waals surface area contributed by atoms with E-state index in [1.807, 2.05) is 24.0 Å². The van der Waals surface area contributed by atoms with E-state index in [4.69, 9.17) is 9.15 Å². The lowest BCUT2D eigenvalue weighted by atomic mass is 10.0. The van der Waals surface area contributed by atoms with Gasteiger partial charge >= 0.3 is 0 Å². The molecule has 0 bridgehead atoms. The van der Waals surface area contributed by atoms with Crippen LogP contribution in [-0.2, 0) is 4.79 Å². The predicted molar refractivity (Wildman–Crippen MR) is 119 cm³/mol. The van der Waals surface area contributed by atoms with Crippen LogP contribution in [0, 0.1) is 20.8 Å². The van der Waals surface area contributed by atoms with Crippen molar-refractivity contribution in [2.24, 2.45) is 0 Å². The van der Waals surface area contributed by atoms with E-state index in [1.165, 1.54) is 16.9 Å². The van der Waals surface area contributed by atoms with Crippen LogP contribution >= 0.6 is 11.3 Å². The molecule has 7 nitrogen and oxygen atoms in total. The third-order valence-electron chi connectivity index (χ3n) is 5.84. The normalized spacial score (nSPS) is 16.5. The standard InChI is InChI=1S/C23H28N4O3S/c1-15-8-6-10-19(16(15)2)29-13-7-11-20(28)27-12-5-4-9-18(27)22-25-26-23(30-22)21-17(3)24-14-31-21/h6,8,10,14,18H,4-5,7,9,11-13H2,1-3H3. The van der Waals surface area contributed by atoms with Gasteiger partial charge in [0.25, 0.3) is 5.89 Å². The van der Waals surface area contributed by atoms with E-state index >= 15 is 0 Å². The minimum atomic E-state index is -0.157. The summed E-state index contributed by atoms with van der Waals surface area (Å²) in [6.45, 7) is 7.29. The molecule has 3 aromatic rings. The van der Waals surface area contributed by atoms with Gasteiger partial charge in [0.15, 0.2) is 0 Å². The molecule has 164 valence electrons. The average molecular weight is 441 g/mol. The fraction of sp³-hybridized carbons (Fsp3) is 0.478. The van der Waals surface area contributed by atoms with E-state index in [2.05, 4.69) is 35.1 Å². The van der Waals surface area contributed by atoms with Crippen molar-refractivity contribution in [3.63, 3.8) is 0 Å². The first-order chi connectivity index (χ1) is 15.0. The molecule has 1 aliphatic heterocycles. The summed E-state index contributed by atoms with van der Waals surface area (Å²) in [4.78, 5) is 20.0. The number of carbonyl (C=O) groups is 1. The molecule has 0 spiro atoms. The Morgan fingerprint density at radius 1 is 1.26 bits per heavy atom. The van der Waals surface area contributed by atoms with Gasteiger partial charge in [0.1, 0.15) is 16.7 Å². The van der Waals surface area contributed by atoms with Crippen LogP contribution < -0.4 is 4.74 Å². The van der Waals surface area contributed by atoms with Gasteiger partial charge in [-0.2, -0.15) is 0 Å². The second kappa shape index (κ2) is 9.60. The summed E-state index contributed by atoms with van der Waals surface area (Å²) >= 11 is 1.48. The van der Waals surface area contributed by atoms with Crippen molar-refractivity contribution in [3.8, 4) is 16.5 Å². The number of benzene rings is 1. The molecule has 1 aromatic carbocycles. The van der Waals surface area contributed by atoms with Crippen LogP contribution in [0.3, 0.4) is 0 Å². The smallest absolute Gasteiger partial charge is 0.259 e. The predicted octanol–water partition coefficient (Wildman–Crippen LogP) is 5.03. The van der Waals surface area contributed by atoms with Crippen LogP contribution in [0.15, 0.2) is 28.1 Å². The van der Waals surface area contributed by atoms with Crippen molar-refractivity contribution in [1.82, 2.24) is 20.1 Å². The van der Waals surface area contributed by atoms with Crippen LogP contribution in [0.5, 0.6) is 5.75 Å². The number of aryl methyl sites for hydroxylation is 2. The fourth-order valence-electron chi connectivity index (χ4n) is 3.88. The highest BCUT2D eigenvalue weighted by Crippen LogP contribution is 2.34. The van der Waals surface area contributed by atoms with E-state index in [9.17, 15) is 4.79 Å². The van der Waals surface area contributed by atoms with Crippen molar-refractivity contribution in [2.75, 3.05) is 13.2 Å². The summed E-state index contributed by atoms with van der Waals surface area (Å²) < 4.78 is 11.9. The zero-order chi connectivity index (χ0) is 21.8. The Kier molecular flexibility index (Phi) is 6.65. The minimum Gasteiger partial charge on any atom is -0.493 e. The van der Waals surface area contributed by atoms with Crippen molar-refractivity contribution in [2.45, 2.75) is 58.9 Å². The molecule has 1 fully saturated rings. The average Bonchev–Trinajstić information content (AvgIpc) is 3.42. The van der Waals surface area contributed by atoms with Gasteiger partial charge in [0, 0.05) is 13.0 Å². The Balaban J connectivity index is 1.36. The third kappa shape index (κ3) is 4.79. The topological polar surface area (TPSA) is 81.4 Å². The fourth-order valence-corrected chi connectivity index (χ4v) is 4.61. The van der Waals surface area contributed by atoms with Crippen molar-refractivity contribution < 1.29 is 13.9 Å². The van der Waals surface area contributed by atoms with Crippen LogP contribution in [0.25, 0.3) is 10.8 Å². The summed E-state index contributed by atoms with van der Waals surface area (Å²) in [6.07, 6.45) is 3.99. The number of hydrogen-bond acceptors (Lipinski definition) is 7. The summed E-state index contributed by atoms with van der Waals surface area (Å²) in [6, 6.07) is 5.88. The number of ether oxygens (including phenoxy) is 1. The lowest BCUT2D eigenvalue weighted by Gasteiger charge is -2.33. The van der Waals surface area contributed by atoms with E-state index in [-0.39, 0.29) is 11.9 Å². The number of aromatic nitrogens is 3. The molecule has 1 aliphatic rings. The van der Waals surface area contributed by atoms with E-state index in [1.54, 1.807) is 5.51 Å². The molecule has 3 heterocycles. The molecule has 1 unspecified atom stereocenters. The van der Waals surface area contributed by atoms with Gasteiger partial charge in [0.2, 0.25) is 11.8 Å². The van der Waals surface area contributed by atoms with E-state index in [0.717, 1.165) is 47.7 Å². The lowest BCUT2D eigenvalue weighted by molar-refractivity contribution is -0.135. The van der Waals surface area contributed by atoms with Gasteiger partial charge in [0.05, 0.1) is 17.8 Å². The molecule has 1 atom stereocenters. The number of rotatable bonds is 7. The van der Waals surface area contributed by atoms with E-state index < -0.39 is 0 Å². The van der Waals surface area contributed by atoms with Crippen LogP contribution in [0.4, 0.5) is 0 Å². The number of likely N-dealkylation sites (tertiary alicyclic amines) is 1. The Hall–Kier alpha value is -2.74. The maximum Gasteiger partial charge on any atom is 0.259 e. The zero-order valence-corrected chi connectivity index (χ0v) is 19.1. The monoisotopic (exact) mass is 440 g/mol. The highest BCUT2D eigenvalue weighted by molar-refractivity contribution is 7.13. The van der Waals surface area contributed by atoms with Crippen LogP contribution in [0.2, 0.25) is 0 Å². The first-order valence-corrected chi connectivity index (χ1v) is 11.6. The second-order valence-corrected chi connectivity index (χ2v) is 8.82. The highest BCUT2D eigenvalue weighted by Gasteiger charge is 2.32. The first-order valence-electron chi connectivity index (χ1n) is 10.8. The summed E-state index contributed by atoms with van der Waals surface area (Å²) in [5.74, 6) is 2.00. The Bertz CT molecular complexity index is 1050. The molecule has 1 saturated heterocycles. The highest BCUT2D eigenvalue weighted by atomic mass is 32.1. The van der Waals surface area contributed by atoms with Gasteiger partial charge in [-0.1, -0.05) is 12.1 Å². The Labute approximate surface area is 186 Å². The number of hydrogen-bond donors (Lipinski definition) is 0. The summed E-state index contributed by atoms with van der Waals surface area (Å²) in [5, 5.41) is 8.48. The van der Waals surface area contributed by atoms with Crippen LogP contribution in [0.1, 0.15) is 60.9 Å². The molecule has 2 aromatic heterocycles. The van der Waals surface area contributed by atoms with Gasteiger partial charge in [-0.3, -0.25) is 4.79 Å². The molecular formula is C23H28N4O3S. The summed E-state index contributed by atoms with van der Waals surface area (Å²) in [7, 11) is 0. The Morgan fingerprint density at radius 2 is 2.13 bits per heavy atom. The van der Waals surface area contributed by atoms with Crippen molar-refractivity contribution in [1.29, 1.82) is 0 Å². The zero-order valence-electron chi connectivity index (χ0n) is 18.3. The molecule has 0 saturated carbocycles. The number of piperidine rings is 1. The van der Waals surface area contributed by atoms with Crippen LogP contribution in [-0.4, -0.2) is 39.1 Å². The number of nitrogens with zero attached hydrogens (tertiary/aromatic N) is 4. The first kappa shape index (κ1) is 21.5. The quantitative estimate of drug-likeness (QED) is 0.479. The minimum absolute atomic E-state index is 0.114. The molecule has 4 rings (SSSR count). The van der Waals surface area contributed by atoms with Gasteiger partial charge < -0.3 is 14.1 Å².